The van der Waals surface area contributed by atoms with E-state index in [9.17, 15) is 8.42 Å². The molecule has 0 radical (unpaired) electrons. The predicted molar refractivity (Wildman–Crippen MR) is 88.6 cm³/mol. The van der Waals surface area contributed by atoms with E-state index in [0.717, 1.165) is 19.3 Å². The van der Waals surface area contributed by atoms with Gasteiger partial charge in [0.2, 0.25) is 10.0 Å². The van der Waals surface area contributed by atoms with Crippen molar-refractivity contribution in [2.75, 3.05) is 13.1 Å². The molecule has 1 unspecified atom stereocenters. The molecule has 1 fully saturated rings. The summed E-state index contributed by atoms with van der Waals surface area (Å²) in [5.74, 6) is 0. The van der Waals surface area contributed by atoms with Gasteiger partial charge < -0.3 is 5.73 Å². The number of rotatable bonds is 4. The Bertz CT molecular complexity index is 657. The molecule has 122 valence electrons. The van der Waals surface area contributed by atoms with Crippen molar-refractivity contribution in [1.29, 1.82) is 5.26 Å². The van der Waals surface area contributed by atoms with Crippen LogP contribution in [0.1, 0.15) is 31.2 Å². The largest absolute Gasteiger partial charge is 0.330 e. The first-order chi connectivity index (χ1) is 10.0. The Morgan fingerprint density at radius 3 is 2.73 bits per heavy atom. The zero-order chi connectivity index (χ0) is 15.5. The van der Waals surface area contributed by atoms with E-state index in [0.29, 0.717) is 25.1 Å². The highest BCUT2D eigenvalue weighted by Crippen LogP contribution is 2.31. The molecule has 0 aromatic heterocycles. The van der Waals surface area contributed by atoms with Gasteiger partial charge in [-0.2, -0.15) is 9.57 Å². The summed E-state index contributed by atoms with van der Waals surface area (Å²) in [5, 5.41) is 8.92. The fraction of sp³-hybridized carbons (Fsp3) is 0.500. The third-order valence-electron chi connectivity index (χ3n) is 3.72. The van der Waals surface area contributed by atoms with Crippen LogP contribution in [0.25, 0.3) is 0 Å². The minimum absolute atomic E-state index is 0. The minimum Gasteiger partial charge on any atom is -0.330 e. The number of nitrogens with zero attached hydrogens (tertiary/aromatic N) is 2. The molecule has 1 atom stereocenters. The van der Waals surface area contributed by atoms with E-state index in [-0.39, 0.29) is 28.4 Å². The first kappa shape index (κ1) is 19.2. The fourth-order valence-electron chi connectivity index (χ4n) is 2.68. The van der Waals surface area contributed by atoms with Crippen molar-refractivity contribution in [2.45, 2.75) is 36.6 Å². The molecule has 0 spiro atoms. The van der Waals surface area contributed by atoms with E-state index in [2.05, 4.69) is 0 Å². The van der Waals surface area contributed by atoms with Gasteiger partial charge in [-0.3, -0.25) is 0 Å². The zero-order valence-corrected chi connectivity index (χ0v) is 14.4. The smallest absolute Gasteiger partial charge is 0.244 e. The maximum Gasteiger partial charge on any atom is 0.244 e. The quantitative estimate of drug-likeness (QED) is 0.889. The number of halogens is 2. The van der Waals surface area contributed by atoms with Crippen molar-refractivity contribution >= 4 is 34.0 Å². The molecule has 1 saturated heterocycles. The number of sulfonamides is 1. The molecule has 1 aliphatic heterocycles. The van der Waals surface area contributed by atoms with Crippen LogP contribution in [-0.4, -0.2) is 31.9 Å². The van der Waals surface area contributed by atoms with E-state index in [1.807, 2.05) is 6.07 Å². The normalized spacial score (nSPS) is 19.2. The molecule has 5 nitrogen and oxygen atoms in total. The van der Waals surface area contributed by atoms with E-state index in [1.54, 1.807) is 0 Å². The summed E-state index contributed by atoms with van der Waals surface area (Å²) in [6.07, 6.45) is 3.32. The Balaban J connectivity index is 0.00000242. The van der Waals surface area contributed by atoms with Gasteiger partial charge in [0, 0.05) is 12.6 Å². The molecule has 0 saturated carbocycles. The van der Waals surface area contributed by atoms with Gasteiger partial charge in [0.25, 0.3) is 0 Å². The summed E-state index contributed by atoms with van der Waals surface area (Å²) in [6, 6.07) is 6.14. The van der Waals surface area contributed by atoms with Crippen LogP contribution in [0.4, 0.5) is 0 Å². The number of hydrogen-bond acceptors (Lipinski definition) is 4. The second-order valence-corrected chi connectivity index (χ2v) is 7.37. The summed E-state index contributed by atoms with van der Waals surface area (Å²) >= 11 is 6.06. The third kappa shape index (κ3) is 3.92. The predicted octanol–water partition coefficient (Wildman–Crippen LogP) is 2.53. The van der Waals surface area contributed by atoms with Crippen LogP contribution in [0.3, 0.4) is 0 Å². The highest BCUT2D eigenvalue weighted by Gasteiger charge is 2.34. The second-order valence-electron chi connectivity index (χ2n) is 5.10. The Morgan fingerprint density at radius 1 is 1.41 bits per heavy atom. The SMILES string of the molecule is Cl.N#Cc1ccc(S(=O)(=O)N2CCCCC2CCN)c(Cl)c1. The van der Waals surface area contributed by atoms with Crippen LogP contribution in [0.5, 0.6) is 0 Å². The van der Waals surface area contributed by atoms with E-state index in [1.165, 1.54) is 22.5 Å². The van der Waals surface area contributed by atoms with Crippen molar-refractivity contribution in [3.8, 4) is 6.07 Å². The van der Waals surface area contributed by atoms with Crippen LogP contribution >= 0.6 is 24.0 Å². The van der Waals surface area contributed by atoms with Crippen molar-refractivity contribution < 1.29 is 8.42 Å². The average molecular weight is 364 g/mol. The molecule has 1 aromatic rings. The van der Waals surface area contributed by atoms with E-state index in [4.69, 9.17) is 22.6 Å². The minimum atomic E-state index is -3.65. The van der Waals surface area contributed by atoms with Gasteiger partial charge in [-0.15, -0.1) is 12.4 Å². The van der Waals surface area contributed by atoms with Crippen LogP contribution in [0, 0.1) is 11.3 Å². The van der Waals surface area contributed by atoms with Crippen molar-refractivity contribution in [3.05, 3.63) is 28.8 Å². The summed E-state index contributed by atoms with van der Waals surface area (Å²) in [6.45, 7) is 0.946. The molecule has 0 bridgehead atoms. The number of piperidine rings is 1. The maximum absolute atomic E-state index is 12.8. The Labute approximate surface area is 142 Å². The Kier molecular flexibility index (Phi) is 7.10. The lowest BCUT2D eigenvalue weighted by atomic mass is 10.0. The maximum atomic E-state index is 12.8. The molecular formula is C14H19Cl2N3O2S. The highest BCUT2D eigenvalue weighted by atomic mass is 35.5. The van der Waals surface area contributed by atoms with Crippen molar-refractivity contribution in [1.82, 2.24) is 4.31 Å². The number of nitrogens with two attached hydrogens (primary N) is 1. The monoisotopic (exact) mass is 363 g/mol. The standard InChI is InChI=1S/C14H18ClN3O2S.ClH/c15-13-9-11(10-17)4-5-14(13)21(19,20)18-8-2-1-3-12(18)6-7-16;/h4-5,9,12H,1-3,6-8,16H2;1H. The summed E-state index contributed by atoms with van der Waals surface area (Å²) < 4.78 is 27.1. The summed E-state index contributed by atoms with van der Waals surface area (Å²) in [7, 11) is -3.65. The van der Waals surface area contributed by atoms with Crippen molar-refractivity contribution in [2.24, 2.45) is 5.73 Å². The fourth-order valence-corrected chi connectivity index (χ4v) is 4.92. The van der Waals surface area contributed by atoms with Crippen LogP contribution in [0.2, 0.25) is 5.02 Å². The van der Waals surface area contributed by atoms with Crippen molar-refractivity contribution in [3.63, 3.8) is 0 Å². The molecule has 22 heavy (non-hydrogen) atoms. The van der Waals surface area contributed by atoms with Gasteiger partial charge in [-0.25, -0.2) is 8.42 Å². The van der Waals surface area contributed by atoms with E-state index >= 15 is 0 Å². The molecule has 8 heteroatoms. The second kappa shape index (κ2) is 8.14. The molecule has 2 N–H and O–H groups in total. The summed E-state index contributed by atoms with van der Waals surface area (Å²) in [5.41, 5.74) is 5.93. The lowest BCUT2D eigenvalue weighted by Gasteiger charge is -2.34. The van der Waals surface area contributed by atoms with E-state index < -0.39 is 10.0 Å². The molecule has 0 aliphatic carbocycles. The van der Waals surface area contributed by atoms with Crippen LogP contribution in [0.15, 0.2) is 23.1 Å². The highest BCUT2D eigenvalue weighted by molar-refractivity contribution is 7.89. The molecule has 1 aromatic carbocycles. The first-order valence-corrected chi connectivity index (χ1v) is 8.74. The molecular weight excluding hydrogens is 345 g/mol. The van der Waals surface area contributed by atoms with Crippen LogP contribution < -0.4 is 5.73 Å². The van der Waals surface area contributed by atoms with Gasteiger partial charge in [-0.1, -0.05) is 18.0 Å². The lowest BCUT2D eigenvalue weighted by molar-refractivity contribution is 0.243. The molecule has 0 amide bonds. The topological polar surface area (TPSA) is 87.2 Å². The van der Waals surface area contributed by atoms with Gasteiger partial charge in [-0.05, 0) is 44.0 Å². The third-order valence-corrected chi connectivity index (χ3v) is 6.16. The average Bonchev–Trinajstić information content (AvgIpc) is 2.47. The van der Waals surface area contributed by atoms with Crippen LogP contribution in [-0.2, 0) is 10.0 Å². The van der Waals surface area contributed by atoms with Gasteiger partial charge >= 0.3 is 0 Å². The van der Waals surface area contributed by atoms with Gasteiger partial charge in [0.15, 0.2) is 0 Å². The molecule has 1 heterocycles. The number of nitriles is 1. The lowest BCUT2D eigenvalue weighted by Crippen LogP contribution is -2.44. The zero-order valence-electron chi connectivity index (χ0n) is 12.0. The van der Waals surface area contributed by atoms with Gasteiger partial charge in [0.1, 0.15) is 4.90 Å². The number of benzene rings is 1. The number of hydrogen-bond donors (Lipinski definition) is 1. The Hall–Kier alpha value is -0.840. The summed E-state index contributed by atoms with van der Waals surface area (Å²) in [4.78, 5) is 0.0621. The van der Waals surface area contributed by atoms with Gasteiger partial charge in [0.05, 0.1) is 16.7 Å². The Morgan fingerprint density at radius 2 is 2.14 bits per heavy atom. The molecule has 1 aliphatic rings. The first-order valence-electron chi connectivity index (χ1n) is 6.92. The molecule has 2 rings (SSSR count).